The number of pyridine rings is 1. The summed E-state index contributed by atoms with van der Waals surface area (Å²) in [5, 5.41) is 16.3. The van der Waals surface area contributed by atoms with E-state index in [0.29, 0.717) is 11.8 Å². The molecule has 0 aliphatic rings. The Balaban J connectivity index is 2.46. The molecule has 0 unspecified atom stereocenters. The summed E-state index contributed by atoms with van der Waals surface area (Å²) < 4.78 is 6.64. The third kappa shape index (κ3) is 2.08. The van der Waals surface area contributed by atoms with Gasteiger partial charge in [0.1, 0.15) is 18.2 Å². The van der Waals surface area contributed by atoms with Gasteiger partial charge in [0.2, 0.25) is 11.8 Å². The van der Waals surface area contributed by atoms with E-state index in [1.54, 1.807) is 19.9 Å². The SMILES string of the molecule is Cc1nnc(Cn2c(C)ccc(C#N)c2=O)o1. The number of aryl methyl sites for hydroxylation is 2. The molecule has 2 rings (SSSR count). The third-order valence-electron chi connectivity index (χ3n) is 2.37. The van der Waals surface area contributed by atoms with Crippen molar-refractivity contribution in [3.8, 4) is 6.07 Å². The Bertz CT molecular complexity index is 648. The maximum absolute atomic E-state index is 11.9. The topological polar surface area (TPSA) is 84.7 Å². The highest BCUT2D eigenvalue weighted by Gasteiger charge is 2.09. The van der Waals surface area contributed by atoms with Crippen LogP contribution in [0, 0.1) is 25.2 Å². The molecule has 0 aliphatic heterocycles. The smallest absolute Gasteiger partial charge is 0.269 e. The molecule has 0 fully saturated rings. The van der Waals surface area contributed by atoms with E-state index in [4.69, 9.17) is 9.68 Å². The minimum Gasteiger partial charge on any atom is -0.424 e. The van der Waals surface area contributed by atoms with E-state index in [1.807, 2.05) is 6.07 Å². The Labute approximate surface area is 97.1 Å². The average Bonchev–Trinajstić information content (AvgIpc) is 2.70. The van der Waals surface area contributed by atoms with Crippen molar-refractivity contribution in [1.82, 2.24) is 14.8 Å². The van der Waals surface area contributed by atoms with Crippen molar-refractivity contribution >= 4 is 0 Å². The molecule has 6 nitrogen and oxygen atoms in total. The molecular weight excluding hydrogens is 220 g/mol. The lowest BCUT2D eigenvalue weighted by Crippen LogP contribution is -2.25. The molecule has 2 heterocycles. The third-order valence-corrected chi connectivity index (χ3v) is 2.37. The summed E-state index contributed by atoms with van der Waals surface area (Å²) in [5.74, 6) is 0.796. The molecule has 0 aliphatic carbocycles. The van der Waals surface area contributed by atoms with Crippen molar-refractivity contribution in [1.29, 1.82) is 5.26 Å². The van der Waals surface area contributed by atoms with Crippen molar-refractivity contribution in [2.75, 3.05) is 0 Å². The fraction of sp³-hybridized carbons (Fsp3) is 0.273. The first-order valence-corrected chi connectivity index (χ1v) is 5.01. The zero-order valence-electron chi connectivity index (χ0n) is 9.47. The Morgan fingerprint density at radius 2 is 2.18 bits per heavy atom. The molecule has 0 spiro atoms. The molecule has 0 saturated heterocycles. The summed E-state index contributed by atoms with van der Waals surface area (Å²) in [6, 6.07) is 5.07. The molecule has 6 heteroatoms. The molecule has 17 heavy (non-hydrogen) atoms. The summed E-state index contributed by atoms with van der Waals surface area (Å²) in [5.41, 5.74) is 0.500. The van der Waals surface area contributed by atoms with Gasteiger partial charge in [-0.1, -0.05) is 0 Å². The highest BCUT2D eigenvalue weighted by molar-refractivity contribution is 5.27. The second kappa shape index (κ2) is 4.22. The number of nitriles is 1. The lowest BCUT2D eigenvalue weighted by atomic mass is 10.2. The number of hydrogen-bond acceptors (Lipinski definition) is 5. The number of nitrogens with zero attached hydrogens (tertiary/aromatic N) is 4. The molecule has 2 aromatic rings. The van der Waals surface area contributed by atoms with Crippen LogP contribution in [0.1, 0.15) is 23.0 Å². The van der Waals surface area contributed by atoms with Gasteiger partial charge in [0.05, 0.1) is 0 Å². The molecule has 0 bridgehead atoms. The van der Waals surface area contributed by atoms with E-state index in [-0.39, 0.29) is 17.7 Å². The van der Waals surface area contributed by atoms with Crippen LogP contribution in [-0.4, -0.2) is 14.8 Å². The van der Waals surface area contributed by atoms with Crippen LogP contribution in [0.4, 0.5) is 0 Å². The first-order valence-electron chi connectivity index (χ1n) is 5.01. The van der Waals surface area contributed by atoms with Gasteiger partial charge in [-0.3, -0.25) is 4.79 Å². The van der Waals surface area contributed by atoms with Crippen molar-refractivity contribution in [3.63, 3.8) is 0 Å². The lowest BCUT2D eigenvalue weighted by molar-refractivity contribution is 0.449. The zero-order chi connectivity index (χ0) is 12.4. The predicted molar refractivity (Wildman–Crippen MR) is 58.3 cm³/mol. The Morgan fingerprint density at radius 3 is 2.76 bits per heavy atom. The fourth-order valence-corrected chi connectivity index (χ4v) is 1.49. The molecule has 0 atom stereocenters. The Morgan fingerprint density at radius 1 is 1.41 bits per heavy atom. The number of aromatic nitrogens is 3. The van der Waals surface area contributed by atoms with Gasteiger partial charge in [0.25, 0.3) is 5.56 Å². The predicted octanol–water partition coefficient (Wildman–Crippen LogP) is 0.768. The molecule has 0 radical (unpaired) electrons. The minimum atomic E-state index is -0.344. The van der Waals surface area contributed by atoms with Gasteiger partial charge in [-0.05, 0) is 19.1 Å². The van der Waals surface area contributed by atoms with E-state index in [2.05, 4.69) is 10.2 Å². The molecule has 0 saturated carbocycles. The van der Waals surface area contributed by atoms with Crippen LogP contribution in [0.5, 0.6) is 0 Å². The quantitative estimate of drug-likeness (QED) is 0.760. The number of rotatable bonds is 2. The van der Waals surface area contributed by atoms with Crippen molar-refractivity contribution in [3.05, 3.63) is 45.5 Å². The Kier molecular flexibility index (Phi) is 2.75. The monoisotopic (exact) mass is 230 g/mol. The zero-order valence-corrected chi connectivity index (χ0v) is 9.47. The maximum Gasteiger partial charge on any atom is 0.269 e. The molecule has 2 aromatic heterocycles. The molecule has 86 valence electrons. The first kappa shape index (κ1) is 11.1. The van der Waals surface area contributed by atoms with Gasteiger partial charge in [-0.15, -0.1) is 10.2 Å². The van der Waals surface area contributed by atoms with Gasteiger partial charge in [0, 0.05) is 12.6 Å². The summed E-state index contributed by atoms with van der Waals surface area (Å²) >= 11 is 0. The van der Waals surface area contributed by atoms with Gasteiger partial charge in [-0.25, -0.2) is 0 Å². The van der Waals surface area contributed by atoms with Crippen LogP contribution in [0.25, 0.3) is 0 Å². The van der Waals surface area contributed by atoms with Crippen molar-refractivity contribution in [2.24, 2.45) is 0 Å². The normalized spacial score (nSPS) is 10.2. The molecule has 0 N–H and O–H groups in total. The van der Waals surface area contributed by atoms with Crippen molar-refractivity contribution < 1.29 is 4.42 Å². The fourth-order valence-electron chi connectivity index (χ4n) is 1.49. The van der Waals surface area contributed by atoms with E-state index >= 15 is 0 Å². The standard InChI is InChI=1S/C11H10N4O2/c1-7-3-4-9(5-12)11(16)15(7)6-10-14-13-8(2)17-10/h3-4H,6H2,1-2H3. The van der Waals surface area contributed by atoms with E-state index in [0.717, 1.165) is 5.69 Å². The summed E-state index contributed by atoms with van der Waals surface area (Å²) in [4.78, 5) is 11.9. The van der Waals surface area contributed by atoms with Crippen LogP contribution in [0.2, 0.25) is 0 Å². The summed E-state index contributed by atoms with van der Waals surface area (Å²) in [6.45, 7) is 3.64. The van der Waals surface area contributed by atoms with Gasteiger partial charge >= 0.3 is 0 Å². The van der Waals surface area contributed by atoms with Gasteiger partial charge in [-0.2, -0.15) is 5.26 Å². The maximum atomic E-state index is 11.9. The molecular formula is C11H10N4O2. The van der Waals surface area contributed by atoms with Crippen LogP contribution in [0.3, 0.4) is 0 Å². The van der Waals surface area contributed by atoms with E-state index in [9.17, 15) is 4.79 Å². The van der Waals surface area contributed by atoms with E-state index in [1.165, 1.54) is 10.6 Å². The van der Waals surface area contributed by atoms with Crippen molar-refractivity contribution in [2.45, 2.75) is 20.4 Å². The minimum absolute atomic E-state index is 0.104. The van der Waals surface area contributed by atoms with Crippen LogP contribution >= 0.6 is 0 Å². The summed E-state index contributed by atoms with van der Waals surface area (Å²) in [7, 11) is 0. The van der Waals surface area contributed by atoms with Crippen LogP contribution in [0.15, 0.2) is 21.3 Å². The lowest BCUT2D eigenvalue weighted by Gasteiger charge is -2.06. The highest BCUT2D eigenvalue weighted by Crippen LogP contribution is 2.03. The Hall–Kier alpha value is -2.42. The van der Waals surface area contributed by atoms with Gasteiger partial charge in [0.15, 0.2) is 0 Å². The highest BCUT2D eigenvalue weighted by atomic mass is 16.4. The first-order chi connectivity index (χ1) is 8.11. The van der Waals surface area contributed by atoms with Gasteiger partial charge < -0.3 is 8.98 Å². The number of hydrogen-bond donors (Lipinski definition) is 0. The van der Waals surface area contributed by atoms with Crippen LogP contribution < -0.4 is 5.56 Å². The molecule has 0 aromatic carbocycles. The average molecular weight is 230 g/mol. The second-order valence-corrected chi connectivity index (χ2v) is 3.61. The molecule has 0 amide bonds. The largest absolute Gasteiger partial charge is 0.424 e. The second-order valence-electron chi connectivity index (χ2n) is 3.61. The van der Waals surface area contributed by atoms with Crippen LogP contribution in [-0.2, 0) is 6.54 Å². The summed E-state index contributed by atoms with van der Waals surface area (Å²) in [6.07, 6.45) is 0. The van der Waals surface area contributed by atoms with E-state index < -0.39 is 0 Å².